The molecule has 0 saturated carbocycles. The standard InChI is InChI=1S/C11H17FN2O3S/c1-17-11-7-10(8(12)6-9(11)13)14-4-3-5-18(2,15)16/h6-7,14H,3-5,13H2,1-2H3. The highest BCUT2D eigenvalue weighted by Gasteiger charge is 2.08. The Balaban J connectivity index is 2.62. The molecule has 3 N–H and O–H groups in total. The van der Waals surface area contributed by atoms with Crippen LogP contribution in [0.2, 0.25) is 0 Å². The van der Waals surface area contributed by atoms with Gasteiger partial charge in [0.25, 0.3) is 0 Å². The summed E-state index contributed by atoms with van der Waals surface area (Å²) in [6.45, 7) is 0.358. The fourth-order valence-corrected chi connectivity index (χ4v) is 2.11. The fourth-order valence-electron chi connectivity index (χ4n) is 1.44. The van der Waals surface area contributed by atoms with Crippen molar-refractivity contribution in [3.05, 3.63) is 17.9 Å². The van der Waals surface area contributed by atoms with E-state index in [0.717, 1.165) is 6.07 Å². The van der Waals surface area contributed by atoms with E-state index < -0.39 is 15.7 Å². The molecule has 0 heterocycles. The number of hydrogen-bond acceptors (Lipinski definition) is 5. The third-order valence-corrected chi connectivity index (χ3v) is 3.36. The number of nitrogens with two attached hydrogens (primary N) is 1. The highest BCUT2D eigenvalue weighted by molar-refractivity contribution is 7.90. The van der Waals surface area contributed by atoms with Crippen molar-refractivity contribution in [1.29, 1.82) is 0 Å². The van der Waals surface area contributed by atoms with Gasteiger partial charge in [0.05, 0.1) is 24.2 Å². The van der Waals surface area contributed by atoms with E-state index in [2.05, 4.69) is 5.32 Å². The first-order valence-corrected chi connectivity index (χ1v) is 7.44. The zero-order valence-electron chi connectivity index (χ0n) is 10.4. The molecular formula is C11H17FN2O3S. The molecule has 102 valence electrons. The molecule has 18 heavy (non-hydrogen) atoms. The van der Waals surface area contributed by atoms with Crippen LogP contribution in [0.25, 0.3) is 0 Å². The summed E-state index contributed by atoms with van der Waals surface area (Å²) in [5.74, 6) is -0.0528. The number of anilines is 2. The first-order chi connectivity index (χ1) is 8.33. The summed E-state index contributed by atoms with van der Waals surface area (Å²) >= 11 is 0. The van der Waals surface area contributed by atoms with Gasteiger partial charge in [-0.15, -0.1) is 0 Å². The second-order valence-corrected chi connectivity index (χ2v) is 6.24. The maximum Gasteiger partial charge on any atom is 0.148 e. The molecular weight excluding hydrogens is 259 g/mol. The molecule has 0 saturated heterocycles. The van der Waals surface area contributed by atoms with Crippen LogP contribution in [0.4, 0.5) is 15.8 Å². The van der Waals surface area contributed by atoms with Crippen molar-refractivity contribution in [2.24, 2.45) is 0 Å². The monoisotopic (exact) mass is 276 g/mol. The van der Waals surface area contributed by atoms with Crippen LogP contribution in [0.3, 0.4) is 0 Å². The Morgan fingerprint density at radius 3 is 2.67 bits per heavy atom. The first-order valence-electron chi connectivity index (χ1n) is 5.38. The topological polar surface area (TPSA) is 81.4 Å². The SMILES string of the molecule is COc1cc(NCCCS(C)(=O)=O)c(F)cc1N. The van der Waals surface area contributed by atoms with E-state index in [1.165, 1.54) is 19.4 Å². The quantitative estimate of drug-likeness (QED) is 0.604. The summed E-state index contributed by atoms with van der Waals surface area (Å²) in [4.78, 5) is 0. The molecule has 1 aromatic carbocycles. The van der Waals surface area contributed by atoms with Crippen molar-refractivity contribution < 1.29 is 17.5 Å². The minimum absolute atomic E-state index is 0.0632. The molecule has 0 aliphatic carbocycles. The van der Waals surface area contributed by atoms with Crippen LogP contribution in [0.5, 0.6) is 5.75 Å². The van der Waals surface area contributed by atoms with Gasteiger partial charge < -0.3 is 15.8 Å². The highest BCUT2D eigenvalue weighted by atomic mass is 32.2. The minimum Gasteiger partial charge on any atom is -0.495 e. The van der Waals surface area contributed by atoms with Crippen LogP contribution in [-0.4, -0.2) is 34.1 Å². The molecule has 0 unspecified atom stereocenters. The number of rotatable bonds is 6. The van der Waals surface area contributed by atoms with Gasteiger partial charge in [0, 0.05) is 24.9 Å². The van der Waals surface area contributed by atoms with Gasteiger partial charge in [0.2, 0.25) is 0 Å². The second kappa shape index (κ2) is 5.90. The minimum atomic E-state index is -2.99. The molecule has 1 rings (SSSR count). The third kappa shape index (κ3) is 4.40. The lowest BCUT2D eigenvalue weighted by Crippen LogP contribution is -2.10. The van der Waals surface area contributed by atoms with Crippen LogP contribution in [0.15, 0.2) is 12.1 Å². The zero-order chi connectivity index (χ0) is 13.8. The molecule has 5 nitrogen and oxygen atoms in total. The van der Waals surface area contributed by atoms with Gasteiger partial charge >= 0.3 is 0 Å². The van der Waals surface area contributed by atoms with E-state index in [1.54, 1.807) is 0 Å². The summed E-state index contributed by atoms with van der Waals surface area (Å²) < 4.78 is 40.3. The average molecular weight is 276 g/mol. The summed E-state index contributed by atoms with van der Waals surface area (Å²) in [7, 11) is -1.55. The molecule has 0 aromatic heterocycles. The number of hydrogen-bond donors (Lipinski definition) is 2. The van der Waals surface area contributed by atoms with Gasteiger partial charge in [-0.05, 0) is 6.42 Å². The predicted octanol–water partition coefficient (Wildman–Crippen LogP) is 1.26. The Morgan fingerprint density at radius 1 is 1.44 bits per heavy atom. The van der Waals surface area contributed by atoms with Crippen molar-refractivity contribution in [1.82, 2.24) is 0 Å². The van der Waals surface area contributed by atoms with E-state index in [9.17, 15) is 12.8 Å². The largest absolute Gasteiger partial charge is 0.495 e. The maximum absolute atomic E-state index is 13.5. The summed E-state index contributed by atoms with van der Waals surface area (Å²) in [6, 6.07) is 2.61. The van der Waals surface area contributed by atoms with Gasteiger partial charge in [-0.2, -0.15) is 0 Å². The number of nitrogens with one attached hydrogen (secondary N) is 1. The lowest BCUT2D eigenvalue weighted by Gasteiger charge is -2.11. The Labute approximate surface area is 106 Å². The number of ether oxygens (including phenoxy) is 1. The first kappa shape index (κ1) is 14.6. The lowest BCUT2D eigenvalue weighted by molar-refractivity contribution is 0.416. The number of nitrogen functional groups attached to an aromatic ring is 1. The molecule has 0 amide bonds. The van der Waals surface area contributed by atoms with E-state index in [1.807, 2.05) is 0 Å². The van der Waals surface area contributed by atoms with Crippen LogP contribution in [0.1, 0.15) is 6.42 Å². The smallest absolute Gasteiger partial charge is 0.148 e. The predicted molar refractivity (Wildman–Crippen MR) is 70.2 cm³/mol. The molecule has 0 spiro atoms. The lowest BCUT2D eigenvalue weighted by atomic mass is 10.2. The van der Waals surface area contributed by atoms with Crippen LogP contribution in [-0.2, 0) is 9.84 Å². The second-order valence-electron chi connectivity index (χ2n) is 3.98. The molecule has 7 heteroatoms. The van der Waals surface area contributed by atoms with E-state index in [-0.39, 0.29) is 17.1 Å². The van der Waals surface area contributed by atoms with Gasteiger partial charge in [0.15, 0.2) is 0 Å². The van der Waals surface area contributed by atoms with Crippen LogP contribution < -0.4 is 15.8 Å². The summed E-state index contributed by atoms with van der Waals surface area (Å²) in [5.41, 5.74) is 6.00. The number of sulfone groups is 1. The molecule has 0 aliphatic rings. The van der Waals surface area contributed by atoms with E-state index in [4.69, 9.17) is 10.5 Å². The molecule has 1 aromatic rings. The number of benzene rings is 1. The summed E-state index contributed by atoms with van der Waals surface area (Å²) in [5, 5.41) is 2.81. The number of halogens is 1. The molecule has 0 atom stereocenters. The van der Waals surface area contributed by atoms with Crippen molar-refractivity contribution >= 4 is 21.2 Å². The maximum atomic E-state index is 13.5. The molecule has 0 aliphatic heterocycles. The van der Waals surface area contributed by atoms with Crippen LogP contribution in [0, 0.1) is 5.82 Å². The van der Waals surface area contributed by atoms with Crippen LogP contribution >= 0.6 is 0 Å². The van der Waals surface area contributed by atoms with Crippen molar-refractivity contribution in [3.63, 3.8) is 0 Å². The number of methoxy groups -OCH3 is 1. The van der Waals surface area contributed by atoms with E-state index >= 15 is 0 Å². The Hall–Kier alpha value is -1.50. The van der Waals surface area contributed by atoms with Gasteiger partial charge in [-0.3, -0.25) is 0 Å². The van der Waals surface area contributed by atoms with Crippen molar-refractivity contribution in [2.75, 3.05) is 36.7 Å². The highest BCUT2D eigenvalue weighted by Crippen LogP contribution is 2.28. The summed E-state index contributed by atoms with van der Waals surface area (Å²) in [6.07, 6.45) is 1.57. The Bertz CT molecular complexity index is 517. The molecule has 0 bridgehead atoms. The van der Waals surface area contributed by atoms with Gasteiger partial charge in [-0.1, -0.05) is 0 Å². The normalized spacial score (nSPS) is 11.3. The Kier molecular flexibility index (Phi) is 4.77. The van der Waals surface area contributed by atoms with Gasteiger partial charge in [0.1, 0.15) is 21.4 Å². The molecule has 0 radical (unpaired) electrons. The average Bonchev–Trinajstić information content (AvgIpc) is 2.25. The fraction of sp³-hybridized carbons (Fsp3) is 0.455. The van der Waals surface area contributed by atoms with E-state index in [0.29, 0.717) is 18.7 Å². The van der Waals surface area contributed by atoms with Gasteiger partial charge in [-0.25, -0.2) is 12.8 Å². The van der Waals surface area contributed by atoms with Crippen molar-refractivity contribution in [3.8, 4) is 5.75 Å². The molecule has 0 fully saturated rings. The Morgan fingerprint density at radius 2 is 2.11 bits per heavy atom. The third-order valence-electron chi connectivity index (χ3n) is 2.33. The zero-order valence-corrected chi connectivity index (χ0v) is 11.2. The van der Waals surface area contributed by atoms with Crippen molar-refractivity contribution in [2.45, 2.75) is 6.42 Å².